The Labute approximate surface area is 95.0 Å². The summed E-state index contributed by atoms with van der Waals surface area (Å²) < 4.78 is 5.62. The van der Waals surface area contributed by atoms with E-state index in [0.29, 0.717) is 12.1 Å². The zero-order valence-electron chi connectivity index (χ0n) is 11.2. The molecule has 92 valence electrons. The van der Waals surface area contributed by atoms with Crippen LogP contribution in [0.5, 0.6) is 0 Å². The number of rotatable bonds is 7. The molecule has 0 saturated carbocycles. The molecule has 0 amide bonds. The zero-order chi connectivity index (χ0) is 11.9. The Morgan fingerprint density at radius 1 is 1.07 bits per heavy atom. The highest BCUT2D eigenvalue weighted by molar-refractivity contribution is 4.66. The minimum absolute atomic E-state index is 0.0267. The van der Waals surface area contributed by atoms with Gasteiger partial charge in [0.2, 0.25) is 0 Å². The molecule has 0 saturated heterocycles. The molecule has 0 aliphatic rings. The molecule has 15 heavy (non-hydrogen) atoms. The maximum absolute atomic E-state index is 5.62. The Balaban J connectivity index is 3.35. The molecular formula is C12H28N2O. The highest BCUT2D eigenvalue weighted by atomic mass is 16.5. The summed E-state index contributed by atoms with van der Waals surface area (Å²) in [5.41, 5.74) is -0.0267. The normalized spacial score (nSPS) is 14.6. The smallest absolute Gasteiger partial charge is 0.0599 e. The summed E-state index contributed by atoms with van der Waals surface area (Å²) >= 11 is 0. The third kappa shape index (κ3) is 11.8. The molecule has 0 radical (unpaired) electrons. The van der Waals surface area contributed by atoms with Gasteiger partial charge in [-0.25, -0.2) is 0 Å². The van der Waals surface area contributed by atoms with Crippen LogP contribution in [0, 0.1) is 0 Å². The average Bonchev–Trinajstić information content (AvgIpc) is 2.07. The van der Waals surface area contributed by atoms with Gasteiger partial charge in [0.15, 0.2) is 0 Å². The predicted octanol–water partition coefficient (Wildman–Crippen LogP) is 1.78. The first-order valence-electron chi connectivity index (χ1n) is 5.92. The van der Waals surface area contributed by atoms with E-state index >= 15 is 0 Å². The van der Waals surface area contributed by atoms with Crippen molar-refractivity contribution in [2.24, 2.45) is 0 Å². The fraction of sp³-hybridized carbons (Fsp3) is 1.00. The molecule has 0 aromatic heterocycles. The van der Waals surface area contributed by atoms with E-state index in [1.54, 1.807) is 0 Å². The number of nitrogens with one attached hydrogen (secondary N) is 2. The molecule has 0 aliphatic carbocycles. The topological polar surface area (TPSA) is 33.3 Å². The molecule has 3 heteroatoms. The lowest BCUT2D eigenvalue weighted by molar-refractivity contribution is -0.00147. The van der Waals surface area contributed by atoms with E-state index in [1.807, 2.05) is 0 Å². The lowest BCUT2D eigenvalue weighted by Gasteiger charge is -2.21. The van der Waals surface area contributed by atoms with Gasteiger partial charge in [0.1, 0.15) is 0 Å². The molecule has 1 unspecified atom stereocenters. The molecule has 3 nitrogen and oxygen atoms in total. The van der Waals surface area contributed by atoms with Crippen molar-refractivity contribution in [1.82, 2.24) is 10.6 Å². The molecule has 0 heterocycles. The van der Waals surface area contributed by atoms with Crippen LogP contribution in [-0.4, -0.2) is 37.4 Å². The second kappa shape index (κ2) is 7.20. The maximum Gasteiger partial charge on any atom is 0.0599 e. The summed E-state index contributed by atoms with van der Waals surface area (Å²) in [5, 5.41) is 6.82. The molecule has 0 aromatic rings. The lowest BCUT2D eigenvalue weighted by atomic mass is 10.2. The van der Waals surface area contributed by atoms with Gasteiger partial charge >= 0.3 is 0 Å². The standard InChI is InChI=1S/C12H28N2O/c1-10(2)14-9-11(3)13-7-8-15-12(4,5)6/h10-11,13-14H,7-9H2,1-6H3. The van der Waals surface area contributed by atoms with Gasteiger partial charge in [0.25, 0.3) is 0 Å². The third-order valence-corrected chi connectivity index (χ3v) is 1.96. The van der Waals surface area contributed by atoms with Crippen molar-refractivity contribution in [2.45, 2.75) is 59.2 Å². The maximum atomic E-state index is 5.62. The third-order valence-electron chi connectivity index (χ3n) is 1.96. The van der Waals surface area contributed by atoms with Crippen molar-refractivity contribution >= 4 is 0 Å². The van der Waals surface area contributed by atoms with E-state index in [9.17, 15) is 0 Å². The summed E-state index contributed by atoms with van der Waals surface area (Å²) in [6.07, 6.45) is 0. The minimum Gasteiger partial charge on any atom is -0.375 e. The zero-order valence-corrected chi connectivity index (χ0v) is 11.2. The molecular weight excluding hydrogens is 188 g/mol. The fourth-order valence-electron chi connectivity index (χ4n) is 1.15. The van der Waals surface area contributed by atoms with Gasteiger partial charge in [-0.05, 0) is 27.7 Å². The fourth-order valence-corrected chi connectivity index (χ4v) is 1.15. The van der Waals surface area contributed by atoms with Gasteiger partial charge in [-0.1, -0.05) is 13.8 Å². The molecule has 0 spiro atoms. The monoisotopic (exact) mass is 216 g/mol. The van der Waals surface area contributed by atoms with Crippen molar-refractivity contribution in [3.8, 4) is 0 Å². The largest absolute Gasteiger partial charge is 0.375 e. The van der Waals surface area contributed by atoms with Crippen molar-refractivity contribution < 1.29 is 4.74 Å². The van der Waals surface area contributed by atoms with Crippen molar-refractivity contribution in [3.63, 3.8) is 0 Å². The summed E-state index contributed by atoms with van der Waals surface area (Å²) in [4.78, 5) is 0. The second-order valence-corrected chi connectivity index (χ2v) is 5.38. The number of hydrogen-bond donors (Lipinski definition) is 2. The predicted molar refractivity (Wildman–Crippen MR) is 66.3 cm³/mol. The summed E-state index contributed by atoms with van der Waals surface area (Å²) in [6, 6.07) is 1.05. The van der Waals surface area contributed by atoms with E-state index in [-0.39, 0.29) is 5.60 Å². The Kier molecular flexibility index (Phi) is 7.14. The summed E-state index contributed by atoms with van der Waals surface area (Å²) in [7, 11) is 0. The van der Waals surface area contributed by atoms with Crippen LogP contribution in [0.2, 0.25) is 0 Å². The number of ether oxygens (including phenoxy) is 1. The van der Waals surface area contributed by atoms with Crippen LogP contribution in [0.3, 0.4) is 0 Å². The van der Waals surface area contributed by atoms with Gasteiger partial charge < -0.3 is 15.4 Å². The van der Waals surface area contributed by atoms with Gasteiger partial charge in [0.05, 0.1) is 12.2 Å². The first-order valence-corrected chi connectivity index (χ1v) is 5.92. The van der Waals surface area contributed by atoms with Crippen LogP contribution >= 0.6 is 0 Å². The summed E-state index contributed by atoms with van der Waals surface area (Å²) in [5.74, 6) is 0. The highest BCUT2D eigenvalue weighted by Gasteiger charge is 2.09. The molecule has 1 atom stereocenters. The van der Waals surface area contributed by atoms with Gasteiger partial charge in [0, 0.05) is 25.2 Å². The molecule has 0 fully saturated rings. The van der Waals surface area contributed by atoms with E-state index in [1.165, 1.54) is 0 Å². The number of hydrogen-bond acceptors (Lipinski definition) is 3. The lowest BCUT2D eigenvalue weighted by Crippen LogP contribution is -2.40. The van der Waals surface area contributed by atoms with E-state index in [0.717, 1.165) is 19.7 Å². The Morgan fingerprint density at radius 2 is 1.67 bits per heavy atom. The van der Waals surface area contributed by atoms with Crippen LogP contribution in [0.1, 0.15) is 41.5 Å². The molecule has 0 aromatic carbocycles. The first-order chi connectivity index (χ1) is 6.81. The van der Waals surface area contributed by atoms with Crippen LogP contribution in [0.4, 0.5) is 0 Å². The van der Waals surface area contributed by atoms with Crippen molar-refractivity contribution in [2.75, 3.05) is 19.7 Å². The second-order valence-electron chi connectivity index (χ2n) is 5.38. The van der Waals surface area contributed by atoms with Crippen LogP contribution in [-0.2, 0) is 4.74 Å². The minimum atomic E-state index is -0.0267. The van der Waals surface area contributed by atoms with E-state index < -0.39 is 0 Å². The Hall–Kier alpha value is -0.120. The Morgan fingerprint density at radius 3 is 2.13 bits per heavy atom. The highest BCUT2D eigenvalue weighted by Crippen LogP contribution is 2.05. The van der Waals surface area contributed by atoms with E-state index in [2.05, 4.69) is 52.2 Å². The SMILES string of the molecule is CC(C)NCC(C)NCCOC(C)(C)C. The summed E-state index contributed by atoms with van der Waals surface area (Å²) in [6.45, 7) is 15.4. The average molecular weight is 216 g/mol. The van der Waals surface area contributed by atoms with Crippen molar-refractivity contribution in [1.29, 1.82) is 0 Å². The van der Waals surface area contributed by atoms with Crippen LogP contribution in [0.15, 0.2) is 0 Å². The van der Waals surface area contributed by atoms with Crippen molar-refractivity contribution in [3.05, 3.63) is 0 Å². The molecule has 0 aliphatic heterocycles. The van der Waals surface area contributed by atoms with Crippen LogP contribution < -0.4 is 10.6 Å². The molecule has 0 bridgehead atoms. The van der Waals surface area contributed by atoms with Crippen LogP contribution in [0.25, 0.3) is 0 Å². The Bertz CT molecular complexity index is 152. The molecule has 2 N–H and O–H groups in total. The quantitative estimate of drug-likeness (QED) is 0.636. The molecule has 0 rings (SSSR count). The van der Waals surface area contributed by atoms with Gasteiger partial charge in [-0.15, -0.1) is 0 Å². The van der Waals surface area contributed by atoms with Gasteiger partial charge in [-0.3, -0.25) is 0 Å². The van der Waals surface area contributed by atoms with Gasteiger partial charge in [-0.2, -0.15) is 0 Å². The van der Waals surface area contributed by atoms with E-state index in [4.69, 9.17) is 4.74 Å². The first kappa shape index (κ1) is 14.9.